The van der Waals surface area contributed by atoms with Gasteiger partial charge >= 0.3 is 6.03 Å². The molecule has 3 aromatic rings. The van der Waals surface area contributed by atoms with E-state index in [1.54, 1.807) is 42.5 Å². The Balaban J connectivity index is 1.89. The fourth-order valence-electron chi connectivity index (χ4n) is 2.44. The van der Waals surface area contributed by atoms with Gasteiger partial charge in [-0.2, -0.15) is 0 Å². The van der Waals surface area contributed by atoms with Gasteiger partial charge in [-0.1, -0.05) is 31.0 Å². The van der Waals surface area contributed by atoms with E-state index in [-0.39, 0.29) is 5.91 Å². The predicted molar refractivity (Wildman–Crippen MR) is 104 cm³/mol. The number of methoxy groups -OCH3 is 1. The average molecular weight is 371 g/mol. The van der Waals surface area contributed by atoms with E-state index in [1.807, 2.05) is 0 Å². The number of para-hydroxylation sites is 3. The summed E-state index contributed by atoms with van der Waals surface area (Å²) in [5.41, 5.74) is 2.15. The summed E-state index contributed by atoms with van der Waals surface area (Å²) in [7, 11) is 1.53. The minimum atomic E-state index is -0.477. The van der Waals surface area contributed by atoms with Crippen molar-refractivity contribution < 1.29 is 14.3 Å². The molecule has 0 aliphatic heterocycles. The molecule has 1 aromatic heterocycles. The molecule has 134 valence electrons. The maximum Gasteiger partial charge on any atom is 0.336 e. The maximum atomic E-state index is 12.6. The molecule has 8 nitrogen and oxygen atoms in total. The van der Waals surface area contributed by atoms with Crippen LogP contribution in [0, 0.1) is 0 Å². The second-order valence-electron chi connectivity index (χ2n) is 5.38. The Morgan fingerprint density at radius 2 is 1.92 bits per heavy atom. The number of benzene rings is 2. The van der Waals surface area contributed by atoms with Gasteiger partial charge in [0.25, 0.3) is 0 Å². The van der Waals surface area contributed by atoms with Crippen molar-refractivity contribution >= 4 is 53.1 Å². The number of carbonyl (C=O) groups excluding carboxylic acids is 2. The van der Waals surface area contributed by atoms with Crippen LogP contribution >= 0.6 is 12.8 Å². The van der Waals surface area contributed by atoms with Crippen LogP contribution in [-0.4, -0.2) is 29.0 Å². The van der Waals surface area contributed by atoms with Crippen LogP contribution in [0.3, 0.4) is 0 Å². The zero-order valence-corrected chi connectivity index (χ0v) is 15.0. The van der Waals surface area contributed by atoms with Gasteiger partial charge in [0.1, 0.15) is 11.3 Å². The standard InChI is InChI=1S/C17H17N5O3S/c1-10(23)18-16-19-12-7-5-8-13(15(12)21-16)22(26)17(24)20-11-6-3-4-9-14(11)25-2/h3-9,26H,1-2H3,(H,20,24)(H2,18,19,21,23). The number of H-pyrrole nitrogens is 1. The summed E-state index contributed by atoms with van der Waals surface area (Å²) in [4.78, 5) is 31.1. The number of imidazole rings is 1. The van der Waals surface area contributed by atoms with Crippen molar-refractivity contribution in [2.75, 3.05) is 22.0 Å². The van der Waals surface area contributed by atoms with Crippen LogP contribution in [-0.2, 0) is 4.79 Å². The average Bonchev–Trinajstić information content (AvgIpc) is 3.03. The summed E-state index contributed by atoms with van der Waals surface area (Å²) in [6.45, 7) is 1.39. The van der Waals surface area contributed by atoms with Gasteiger partial charge in [0.2, 0.25) is 11.9 Å². The molecule has 26 heavy (non-hydrogen) atoms. The lowest BCUT2D eigenvalue weighted by molar-refractivity contribution is -0.114. The Morgan fingerprint density at radius 3 is 2.65 bits per heavy atom. The number of aromatic nitrogens is 2. The molecule has 0 unspecified atom stereocenters. The summed E-state index contributed by atoms with van der Waals surface area (Å²) >= 11 is 4.30. The molecule has 0 saturated heterocycles. The van der Waals surface area contributed by atoms with Gasteiger partial charge in [-0.15, -0.1) is 0 Å². The van der Waals surface area contributed by atoms with Gasteiger partial charge in [-0.05, 0) is 24.3 Å². The summed E-state index contributed by atoms with van der Waals surface area (Å²) < 4.78 is 6.37. The summed E-state index contributed by atoms with van der Waals surface area (Å²) in [6, 6.07) is 11.8. The second kappa shape index (κ2) is 7.36. The first-order chi connectivity index (χ1) is 12.5. The first-order valence-electron chi connectivity index (χ1n) is 7.69. The molecule has 3 rings (SSSR count). The lowest BCUT2D eigenvalue weighted by Crippen LogP contribution is -2.27. The second-order valence-corrected chi connectivity index (χ2v) is 5.78. The SMILES string of the molecule is COc1ccccc1NC(=O)N(S)c1cccc2[nH]c(NC(C)=O)nc12. The van der Waals surface area contributed by atoms with Gasteiger partial charge in [-0.3, -0.25) is 10.1 Å². The lowest BCUT2D eigenvalue weighted by atomic mass is 10.2. The number of nitrogens with one attached hydrogen (secondary N) is 3. The molecule has 1 heterocycles. The molecule has 2 aromatic carbocycles. The minimum absolute atomic E-state index is 0.248. The highest BCUT2D eigenvalue weighted by Crippen LogP contribution is 2.29. The largest absolute Gasteiger partial charge is 0.495 e. The number of aromatic amines is 1. The lowest BCUT2D eigenvalue weighted by Gasteiger charge is -2.18. The quantitative estimate of drug-likeness (QED) is 0.528. The molecular weight excluding hydrogens is 354 g/mol. The molecule has 0 atom stereocenters. The molecule has 0 saturated carbocycles. The van der Waals surface area contributed by atoms with E-state index in [4.69, 9.17) is 4.74 Å². The van der Waals surface area contributed by atoms with E-state index < -0.39 is 6.03 Å². The van der Waals surface area contributed by atoms with Crippen molar-refractivity contribution in [3.63, 3.8) is 0 Å². The third-order valence-electron chi connectivity index (χ3n) is 3.55. The number of thiol groups is 1. The molecule has 0 fully saturated rings. The number of rotatable bonds is 4. The fraction of sp³-hybridized carbons (Fsp3) is 0.118. The van der Waals surface area contributed by atoms with Crippen LogP contribution < -0.4 is 19.7 Å². The van der Waals surface area contributed by atoms with E-state index in [1.165, 1.54) is 14.0 Å². The van der Waals surface area contributed by atoms with E-state index in [0.717, 1.165) is 4.31 Å². The van der Waals surface area contributed by atoms with Gasteiger partial charge in [0.05, 0.1) is 24.0 Å². The number of hydrogen-bond donors (Lipinski definition) is 4. The Morgan fingerprint density at radius 1 is 1.15 bits per heavy atom. The topological polar surface area (TPSA) is 99.4 Å². The molecule has 0 aliphatic rings. The van der Waals surface area contributed by atoms with Crippen LogP contribution in [0.4, 0.5) is 22.1 Å². The van der Waals surface area contributed by atoms with E-state index in [9.17, 15) is 9.59 Å². The van der Waals surface area contributed by atoms with Crippen LogP contribution in [0.25, 0.3) is 11.0 Å². The summed E-state index contributed by atoms with van der Waals surface area (Å²) in [6.07, 6.45) is 0. The molecule has 0 bridgehead atoms. The number of urea groups is 1. The third-order valence-corrected chi connectivity index (χ3v) is 3.95. The Labute approximate surface area is 155 Å². The van der Waals surface area contributed by atoms with Crippen molar-refractivity contribution in [2.45, 2.75) is 6.92 Å². The number of nitrogens with zero attached hydrogens (tertiary/aromatic N) is 2. The maximum absolute atomic E-state index is 12.6. The van der Waals surface area contributed by atoms with Crippen LogP contribution in [0.1, 0.15) is 6.92 Å². The van der Waals surface area contributed by atoms with Gasteiger partial charge in [0.15, 0.2) is 0 Å². The monoisotopic (exact) mass is 371 g/mol. The molecule has 3 amide bonds. The Bertz CT molecular complexity index is 972. The van der Waals surface area contributed by atoms with E-state index in [2.05, 4.69) is 33.4 Å². The fourth-order valence-corrected chi connectivity index (χ4v) is 2.65. The molecule has 3 N–H and O–H groups in total. The normalized spacial score (nSPS) is 10.4. The predicted octanol–water partition coefficient (Wildman–Crippen LogP) is 3.41. The molecule has 0 radical (unpaired) electrons. The first-order valence-corrected chi connectivity index (χ1v) is 8.09. The molecule has 9 heteroatoms. The number of anilines is 3. The number of amides is 3. The Hall–Kier alpha value is -3.20. The highest BCUT2D eigenvalue weighted by Gasteiger charge is 2.18. The molecule has 0 aliphatic carbocycles. The van der Waals surface area contributed by atoms with Crippen LogP contribution in [0.2, 0.25) is 0 Å². The summed E-state index contributed by atoms with van der Waals surface area (Å²) in [5.74, 6) is 0.586. The molecular formula is C17H17N5O3S. The minimum Gasteiger partial charge on any atom is -0.495 e. The van der Waals surface area contributed by atoms with Crippen LogP contribution in [0.5, 0.6) is 5.75 Å². The number of ether oxygens (including phenoxy) is 1. The van der Waals surface area contributed by atoms with Gasteiger partial charge < -0.3 is 15.0 Å². The smallest absolute Gasteiger partial charge is 0.336 e. The van der Waals surface area contributed by atoms with Crippen molar-refractivity contribution in [1.29, 1.82) is 0 Å². The number of carbonyl (C=O) groups is 2. The highest BCUT2D eigenvalue weighted by molar-refractivity contribution is 7.82. The van der Waals surface area contributed by atoms with Gasteiger partial charge in [-0.25, -0.2) is 14.1 Å². The van der Waals surface area contributed by atoms with Crippen molar-refractivity contribution in [2.24, 2.45) is 0 Å². The van der Waals surface area contributed by atoms with Crippen molar-refractivity contribution in [1.82, 2.24) is 9.97 Å². The van der Waals surface area contributed by atoms with Crippen LogP contribution in [0.15, 0.2) is 42.5 Å². The van der Waals surface area contributed by atoms with Crippen molar-refractivity contribution in [3.05, 3.63) is 42.5 Å². The van der Waals surface area contributed by atoms with Crippen molar-refractivity contribution in [3.8, 4) is 5.75 Å². The molecule has 0 spiro atoms. The number of fused-ring (bicyclic) bond motifs is 1. The van der Waals surface area contributed by atoms with E-state index in [0.29, 0.717) is 34.1 Å². The zero-order chi connectivity index (χ0) is 18.7. The third kappa shape index (κ3) is 3.57. The van der Waals surface area contributed by atoms with E-state index >= 15 is 0 Å². The number of hydrogen-bond acceptors (Lipinski definition) is 5. The Kier molecular flexibility index (Phi) is 4.99. The zero-order valence-electron chi connectivity index (χ0n) is 14.1. The highest BCUT2D eigenvalue weighted by atomic mass is 32.1. The first kappa shape index (κ1) is 17.6. The summed E-state index contributed by atoms with van der Waals surface area (Å²) in [5, 5.41) is 5.32. The van der Waals surface area contributed by atoms with Gasteiger partial charge in [0, 0.05) is 6.92 Å².